The van der Waals surface area contributed by atoms with Crippen LogP contribution in [0.3, 0.4) is 0 Å². The van der Waals surface area contributed by atoms with Gasteiger partial charge in [0.2, 0.25) is 5.91 Å². The Morgan fingerprint density at radius 1 is 1.38 bits per heavy atom. The van der Waals surface area contributed by atoms with Crippen molar-refractivity contribution >= 4 is 5.91 Å². The summed E-state index contributed by atoms with van der Waals surface area (Å²) in [6.07, 6.45) is 1.94. The van der Waals surface area contributed by atoms with Crippen LogP contribution in [-0.2, 0) is 10.2 Å². The summed E-state index contributed by atoms with van der Waals surface area (Å²) in [7, 11) is 1.70. The van der Waals surface area contributed by atoms with E-state index in [1.807, 2.05) is 18.2 Å². The molecule has 1 saturated carbocycles. The highest BCUT2D eigenvalue weighted by atomic mass is 16.5. The Labute approximate surface area is 94.8 Å². The second-order valence-electron chi connectivity index (χ2n) is 4.80. The first-order valence-electron chi connectivity index (χ1n) is 5.66. The SMILES string of the molecule is COc1ccccc1C12CNC(=O)C(C1)C2. The Bertz CT molecular complexity index is 430. The minimum Gasteiger partial charge on any atom is -0.496 e. The summed E-state index contributed by atoms with van der Waals surface area (Å²) < 4.78 is 5.40. The molecule has 0 radical (unpaired) electrons. The molecule has 2 saturated heterocycles. The van der Waals surface area contributed by atoms with Gasteiger partial charge in [-0.3, -0.25) is 4.79 Å². The Kier molecular flexibility index (Phi) is 1.96. The molecular weight excluding hydrogens is 202 g/mol. The third kappa shape index (κ3) is 1.17. The lowest BCUT2D eigenvalue weighted by atomic mass is 9.56. The summed E-state index contributed by atoms with van der Waals surface area (Å²) in [6, 6.07) is 8.13. The second-order valence-corrected chi connectivity index (χ2v) is 4.80. The lowest BCUT2D eigenvalue weighted by Crippen LogP contribution is -2.60. The van der Waals surface area contributed by atoms with Crippen LogP contribution in [0.25, 0.3) is 0 Å². The fraction of sp³-hybridized carbons (Fsp3) is 0.462. The van der Waals surface area contributed by atoms with Crippen LogP contribution in [-0.4, -0.2) is 19.6 Å². The predicted molar refractivity (Wildman–Crippen MR) is 60.4 cm³/mol. The van der Waals surface area contributed by atoms with Gasteiger partial charge in [0.05, 0.1) is 7.11 Å². The number of ether oxygens (including phenoxy) is 1. The van der Waals surface area contributed by atoms with Crippen molar-refractivity contribution in [2.75, 3.05) is 13.7 Å². The third-order valence-corrected chi connectivity index (χ3v) is 3.92. The number of hydrogen-bond acceptors (Lipinski definition) is 2. The number of nitrogens with one attached hydrogen (secondary N) is 1. The molecule has 0 spiro atoms. The zero-order chi connectivity index (χ0) is 11.2. The first-order chi connectivity index (χ1) is 7.75. The summed E-state index contributed by atoms with van der Waals surface area (Å²) in [5.74, 6) is 1.38. The average Bonchev–Trinajstić information content (AvgIpc) is 2.28. The Morgan fingerprint density at radius 3 is 2.75 bits per heavy atom. The van der Waals surface area contributed by atoms with Gasteiger partial charge in [-0.1, -0.05) is 18.2 Å². The van der Waals surface area contributed by atoms with E-state index in [0.717, 1.165) is 25.1 Å². The lowest BCUT2D eigenvalue weighted by Gasteiger charge is -2.52. The van der Waals surface area contributed by atoms with Gasteiger partial charge in [0.1, 0.15) is 5.75 Å². The highest BCUT2D eigenvalue weighted by molar-refractivity contribution is 5.82. The molecule has 1 aromatic carbocycles. The fourth-order valence-electron chi connectivity index (χ4n) is 3.01. The first kappa shape index (κ1) is 9.70. The zero-order valence-corrected chi connectivity index (χ0v) is 9.32. The molecule has 2 bridgehead atoms. The Morgan fingerprint density at radius 2 is 2.12 bits per heavy atom. The van der Waals surface area contributed by atoms with Crippen LogP contribution in [0.2, 0.25) is 0 Å². The number of amides is 1. The van der Waals surface area contributed by atoms with Crippen molar-refractivity contribution in [3.05, 3.63) is 29.8 Å². The number of benzene rings is 1. The molecule has 1 aliphatic carbocycles. The fourth-order valence-corrected chi connectivity index (χ4v) is 3.01. The normalized spacial score (nSPS) is 31.6. The van der Waals surface area contributed by atoms with E-state index in [1.54, 1.807) is 7.11 Å². The summed E-state index contributed by atoms with van der Waals surface area (Å²) in [5, 5.41) is 2.98. The molecule has 2 aliphatic heterocycles. The maximum atomic E-state index is 11.4. The van der Waals surface area contributed by atoms with Crippen molar-refractivity contribution in [2.45, 2.75) is 18.3 Å². The minimum atomic E-state index is 0.130. The molecule has 0 aromatic heterocycles. The maximum absolute atomic E-state index is 11.4. The van der Waals surface area contributed by atoms with Crippen LogP contribution < -0.4 is 10.1 Å². The molecule has 3 fully saturated rings. The monoisotopic (exact) mass is 217 g/mol. The van der Waals surface area contributed by atoms with Crippen molar-refractivity contribution in [1.82, 2.24) is 5.32 Å². The molecule has 84 valence electrons. The molecule has 16 heavy (non-hydrogen) atoms. The smallest absolute Gasteiger partial charge is 0.223 e. The van der Waals surface area contributed by atoms with Gasteiger partial charge in [-0.05, 0) is 18.9 Å². The van der Waals surface area contributed by atoms with Crippen LogP contribution >= 0.6 is 0 Å². The summed E-state index contributed by atoms with van der Waals surface area (Å²) in [5.41, 5.74) is 1.37. The average molecular weight is 217 g/mol. The number of methoxy groups -OCH3 is 1. The maximum Gasteiger partial charge on any atom is 0.223 e. The van der Waals surface area contributed by atoms with E-state index in [9.17, 15) is 4.79 Å². The van der Waals surface area contributed by atoms with E-state index in [4.69, 9.17) is 4.74 Å². The number of carbonyl (C=O) groups excluding carboxylic acids is 1. The predicted octanol–water partition coefficient (Wildman–Crippen LogP) is 1.47. The number of carbonyl (C=O) groups is 1. The molecule has 3 nitrogen and oxygen atoms in total. The van der Waals surface area contributed by atoms with Crippen molar-refractivity contribution in [2.24, 2.45) is 5.92 Å². The largest absolute Gasteiger partial charge is 0.496 e. The van der Waals surface area contributed by atoms with Gasteiger partial charge in [0.15, 0.2) is 0 Å². The molecule has 0 atom stereocenters. The summed E-state index contributed by atoms with van der Waals surface area (Å²) in [6.45, 7) is 0.753. The number of piperidine rings is 2. The molecule has 3 heteroatoms. The van der Waals surface area contributed by atoms with Crippen LogP contribution in [0, 0.1) is 5.92 Å². The highest BCUT2D eigenvalue weighted by Crippen LogP contribution is 2.52. The molecular formula is C13H15NO2. The lowest BCUT2D eigenvalue weighted by molar-refractivity contribution is -0.135. The van der Waals surface area contributed by atoms with Gasteiger partial charge >= 0.3 is 0 Å². The Balaban J connectivity index is 1.96. The number of hydrogen-bond donors (Lipinski definition) is 1. The molecule has 4 rings (SSSR count). The first-order valence-corrected chi connectivity index (χ1v) is 5.66. The van der Waals surface area contributed by atoms with E-state index in [0.29, 0.717) is 0 Å². The minimum absolute atomic E-state index is 0.130. The van der Waals surface area contributed by atoms with Crippen LogP contribution in [0.5, 0.6) is 5.75 Å². The number of para-hydroxylation sites is 1. The van der Waals surface area contributed by atoms with E-state index >= 15 is 0 Å². The second kappa shape index (κ2) is 3.24. The molecule has 1 N–H and O–H groups in total. The van der Waals surface area contributed by atoms with E-state index in [1.165, 1.54) is 5.56 Å². The summed E-state index contributed by atoms with van der Waals surface area (Å²) in [4.78, 5) is 11.4. The van der Waals surface area contributed by atoms with Gasteiger partial charge in [0.25, 0.3) is 0 Å². The van der Waals surface area contributed by atoms with Crippen molar-refractivity contribution in [3.63, 3.8) is 0 Å². The standard InChI is InChI=1S/C13H15NO2/c1-16-11-5-3-2-4-10(11)13-6-9(7-13)12(15)14-8-13/h2-5,9H,6-8H2,1H3,(H,14,15). The van der Waals surface area contributed by atoms with E-state index in [-0.39, 0.29) is 17.2 Å². The Hall–Kier alpha value is -1.51. The van der Waals surface area contributed by atoms with Gasteiger partial charge in [-0.25, -0.2) is 0 Å². The van der Waals surface area contributed by atoms with Crippen molar-refractivity contribution in [3.8, 4) is 5.75 Å². The van der Waals surface area contributed by atoms with E-state index < -0.39 is 0 Å². The van der Waals surface area contributed by atoms with Gasteiger partial charge in [-0.15, -0.1) is 0 Å². The molecule has 3 aliphatic rings. The van der Waals surface area contributed by atoms with E-state index in [2.05, 4.69) is 11.4 Å². The van der Waals surface area contributed by atoms with Gasteiger partial charge < -0.3 is 10.1 Å². The number of fused-ring (bicyclic) bond motifs is 2. The van der Waals surface area contributed by atoms with Crippen LogP contribution in [0.15, 0.2) is 24.3 Å². The molecule has 1 aromatic rings. The highest BCUT2D eigenvalue weighted by Gasteiger charge is 2.53. The summed E-state index contributed by atoms with van der Waals surface area (Å²) >= 11 is 0. The topological polar surface area (TPSA) is 38.3 Å². The van der Waals surface area contributed by atoms with Gasteiger partial charge in [-0.2, -0.15) is 0 Å². The zero-order valence-electron chi connectivity index (χ0n) is 9.32. The number of rotatable bonds is 2. The van der Waals surface area contributed by atoms with Crippen molar-refractivity contribution in [1.29, 1.82) is 0 Å². The molecule has 2 heterocycles. The molecule has 1 amide bonds. The molecule has 0 unspecified atom stereocenters. The quantitative estimate of drug-likeness (QED) is 0.814. The van der Waals surface area contributed by atoms with Gasteiger partial charge in [0, 0.05) is 23.4 Å². The van der Waals surface area contributed by atoms with Crippen LogP contribution in [0.4, 0.5) is 0 Å². The van der Waals surface area contributed by atoms with Crippen LogP contribution in [0.1, 0.15) is 18.4 Å². The van der Waals surface area contributed by atoms with Crippen molar-refractivity contribution < 1.29 is 9.53 Å². The third-order valence-electron chi connectivity index (χ3n) is 3.92.